The van der Waals surface area contributed by atoms with E-state index in [0.717, 1.165) is 24.0 Å². The highest BCUT2D eigenvalue weighted by atomic mass is 32.1. The molecule has 1 unspecified atom stereocenters. The van der Waals surface area contributed by atoms with Crippen molar-refractivity contribution in [3.05, 3.63) is 5.82 Å². The van der Waals surface area contributed by atoms with Crippen LogP contribution in [0.1, 0.15) is 39.4 Å². The summed E-state index contributed by atoms with van der Waals surface area (Å²) in [4.78, 5) is 6.90. The SMILES string of the molecule is Cc1nsc(N2CCCC2CNC(C)(C)C)n1. The van der Waals surface area contributed by atoms with E-state index >= 15 is 0 Å². The molecule has 0 bridgehead atoms. The van der Waals surface area contributed by atoms with E-state index in [0.29, 0.717) is 6.04 Å². The lowest BCUT2D eigenvalue weighted by Crippen LogP contribution is -2.45. The quantitative estimate of drug-likeness (QED) is 0.898. The minimum Gasteiger partial charge on any atom is -0.343 e. The van der Waals surface area contributed by atoms with Crippen molar-refractivity contribution in [1.29, 1.82) is 0 Å². The van der Waals surface area contributed by atoms with Crippen molar-refractivity contribution in [2.24, 2.45) is 0 Å². The van der Waals surface area contributed by atoms with E-state index in [1.54, 1.807) is 0 Å². The van der Waals surface area contributed by atoms with Crippen LogP contribution in [0.3, 0.4) is 0 Å². The Labute approximate surface area is 108 Å². The third kappa shape index (κ3) is 3.39. The summed E-state index contributed by atoms with van der Waals surface area (Å²) in [6.07, 6.45) is 2.51. The molecule has 96 valence electrons. The van der Waals surface area contributed by atoms with Gasteiger partial charge >= 0.3 is 0 Å². The zero-order chi connectivity index (χ0) is 12.5. The molecular weight excluding hydrogens is 232 g/mol. The molecule has 2 rings (SSSR count). The Bertz CT molecular complexity index is 369. The highest BCUT2D eigenvalue weighted by Gasteiger charge is 2.27. The Morgan fingerprint density at radius 2 is 2.24 bits per heavy atom. The summed E-state index contributed by atoms with van der Waals surface area (Å²) in [5, 5.41) is 4.67. The van der Waals surface area contributed by atoms with Crippen molar-refractivity contribution >= 4 is 16.7 Å². The van der Waals surface area contributed by atoms with Gasteiger partial charge in [0.25, 0.3) is 0 Å². The Morgan fingerprint density at radius 3 is 2.82 bits per heavy atom. The monoisotopic (exact) mass is 254 g/mol. The smallest absolute Gasteiger partial charge is 0.205 e. The molecule has 0 aliphatic carbocycles. The number of nitrogens with zero attached hydrogens (tertiary/aromatic N) is 3. The van der Waals surface area contributed by atoms with E-state index in [2.05, 4.69) is 40.3 Å². The molecule has 1 saturated heterocycles. The second-order valence-corrected chi connectivity index (χ2v) is 6.47. The van der Waals surface area contributed by atoms with Gasteiger partial charge in [-0.2, -0.15) is 4.37 Å². The minimum absolute atomic E-state index is 0.186. The summed E-state index contributed by atoms with van der Waals surface area (Å²) < 4.78 is 4.27. The van der Waals surface area contributed by atoms with Gasteiger partial charge in [0.2, 0.25) is 5.13 Å². The lowest BCUT2D eigenvalue weighted by Gasteiger charge is -2.28. The molecule has 2 heterocycles. The third-order valence-electron chi connectivity index (χ3n) is 3.01. The van der Waals surface area contributed by atoms with Gasteiger partial charge in [-0.1, -0.05) is 0 Å². The first-order valence-corrected chi connectivity index (χ1v) is 7.05. The van der Waals surface area contributed by atoms with Gasteiger partial charge in [0.1, 0.15) is 5.82 Å². The Balaban J connectivity index is 1.98. The van der Waals surface area contributed by atoms with Crippen LogP contribution >= 0.6 is 11.5 Å². The Hall–Kier alpha value is -0.680. The standard InChI is InChI=1S/C12H22N4S/c1-9-14-11(17-15-9)16-7-5-6-10(16)8-13-12(2,3)4/h10,13H,5-8H2,1-4H3. The van der Waals surface area contributed by atoms with Crippen LogP contribution in [0.2, 0.25) is 0 Å². The Morgan fingerprint density at radius 1 is 1.47 bits per heavy atom. The summed E-state index contributed by atoms with van der Waals surface area (Å²) in [6.45, 7) is 10.7. The number of anilines is 1. The van der Waals surface area contributed by atoms with Crippen LogP contribution in [0.4, 0.5) is 5.13 Å². The number of aromatic nitrogens is 2. The van der Waals surface area contributed by atoms with Gasteiger partial charge in [0.15, 0.2) is 0 Å². The van der Waals surface area contributed by atoms with Gasteiger partial charge in [-0.25, -0.2) is 4.98 Å². The molecule has 1 aliphatic rings. The van der Waals surface area contributed by atoms with Crippen molar-refractivity contribution in [3.63, 3.8) is 0 Å². The van der Waals surface area contributed by atoms with Crippen LogP contribution < -0.4 is 10.2 Å². The molecule has 17 heavy (non-hydrogen) atoms. The van der Waals surface area contributed by atoms with Gasteiger partial charge in [0, 0.05) is 36.2 Å². The topological polar surface area (TPSA) is 41.1 Å². The average Bonchev–Trinajstić information content (AvgIpc) is 2.81. The molecule has 5 heteroatoms. The maximum Gasteiger partial charge on any atom is 0.205 e. The lowest BCUT2D eigenvalue weighted by atomic mass is 10.1. The van der Waals surface area contributed by atoms with Crippen LogP contribution in [-0.2, 0) is 0 Å². The van der Waals surface area contributed by atoms with Crippen LogP contribution in [0.5, 0.6) is 0 Å². The third-order valence-corrected chi connectivity index (χ3v) is 3.85. The zero-order valence-electron chi connectivity index (χ0n) is 11.2. The van der Waals surface area contributed by atoms with Gasteiger partial charge in [-0.05, 0) is 40.5 Å². The molecule has 0 aromatic carbocycles. The molecule has 0 saturated carbocycles. The highest BCUT2D eigenvalue weighted by molar-refractivity contribution is 7.09. The van der Waals surface area contributed by atoms with Crippen molar-refractivity contribution < 1.29 is 0 Å². The highest BCUT2D eigenvalue weighted by Crippen LogP contribution is 2.26. The number of aryl methyl sites for hydroxylation is 1. The molecule has 0 amide bonds. The molecule has 1 fully saturated rings. The molecular formula is C12H22N4S. The van der Waals surface area contributed by atoms with E-state index in [-0.39, 0.29) is 5.54 Å². The normalized spacial score (nSPS) is 21.2. The predicted molar refractivity (Wildman–Crippen MR) is 72.8 cm³/mol. The second-order valence-electron chi connectivity index (χ2n) is 5.74. The van der Waals surface area contributed by atoms with E-state index in [4.69, 9.17) is 0 Å². The minimum atomic E-state index is 0.186. The van der Waals surface area contributed by atoms with Gasteiger partial charge in [0.05, 0.1) is 0 Å². The molecule has 4 nitrogen and oxygen atoms in total. The summed E-state index contributed by atoms with van der Waals surface area (Å²) in [6, 6.07) is 0.571. The number of hydrogen-bond donors (Lipinski definition) is 1. The maximum absolute atomic E-state index is 4.49. The first-order chi connectivity index (χ1) is 7.96. The fraction of sp³-hybridized carbons (Fsp3) is 0.833. The number of rotatable bonds is 3. The van der Waals surface area contributed by atoms with Crippen LogP contribution in [-0.4, -0.2) is 34.0 Å². The largest absolute Gasteiger partial charge is 0.343 e. The summed E-state index contributed by atoms with van der Waals surface area (Å²) >= 11 is 1.52. The van der Waals surface area contributed by atoms with Gasteiger partial charge in [-0.3, -0.25) is 0 Å². The second kappa shape index (κ2) is 4.90. The molecule has 1 aromatic heterocycles. The molecule has 1 N–H and O–H groups in total. The summed E-state index contributed by atoms with van der Waals surface area (Å²) in [5.74, 6) is 0.888. The number of hydrogen-bond acceptors (Lipinski definition) is 5. The van der Waals surface area contributed by atoms with Gasteiger partial charge in [-0.15, -0.1) is 0 Å². The van der Waals surface area contributed by atoms with Gasteiger partial charge < -0.3 is 10.2 Å². The van der Waals surface area contributed by atoms with Crippen molar-refractivity contribution in [3.8, 4) is 0 Å². The first-order valence-electron chi connectivity index (χ1n) is 6.28. The molecule has 1 atom stereocenters. The number of nitrogens with one attached hydrogen (secondary N) is 1. The molecule has 1 aliphatic heterocycles. The van der Waals surface area contributed by atoms with E-state index < -0.39 is 0 Å². The van der Waals surface area contributed by atoms with Crippen LogP contribution in [0.15, 0.2) is 0 Å². The fourth-order valence-corrected chi connectivity index (χ4v) is 2.90. The predicted octanol–water partition coefficient (Wildman–Crippen LogP) is 2.20. The molecule has 1 aromatic rings. The fourth-order valence-electron chi connectivity index (χ4n) is 2.13. The summed E-state index contributed by atoms with van der Waals surface area (Å²) in [5.41, 5.74) is 0.186. The van der Waals surface area contributed by atoms with E-state index in [1.807, 2.05) is 6.92 Å². The lowest BCUT2D eigenvalue weighted by molar-refractivity contribution is 0.405. The van der Waals surface area contributed by atoms with Crippen molar-refractivity contribution in [1.82, 2.24) is 14.7 Å². The first kappa shape index (κ1) is 12.8. The van der Waals surface area contributed by atoms with Crippen molar-refractivity contribution in [2.45, 2.75) is 52.1 Å². The zero-order valence-corrected chi connectivity index (χ0v) is 12.0. The Kier molecular flexibility index (Phi) is 3.68. The molecule has 0 radical (unpaired) electrons. The maximum atomic E-state index is 4.49. The van der Waals surface area contributed by atoms with Crippen molar-refractivity contribution in [2.75, 3.05) is 18.0 Å². The van der Waals surface area contributed by atoms with Crippen LogP contribution in [0.25, 0.3) is 0 Å². The average molecular weight is 254 g/mol. The molecule has 0 spiro atoms. The van der Waals surface area contributed by atoms with E-state index in [1.165, 1.54) is 24.4 Å². The summed E-state index contributed by atoms with van der Waals surface area (Å²) in [7, 11) is 0. The van der Waals surface area contributed by atoms with Crippen LogP contribution in [0, 0.1) is 6.92 Å². The van der Waals surface area contributed by atoms with E-state index in [9.17, 15) is 0 Å².